The Morgan fingerprint density at radius 1 is 1.21 bits per heavy atom. The van der Waals surface area contributed by atoms with E-state index < -0.39 is 17.7 Å². The Hall–Kier alpha value is -1.85. The first-order chi connectivity index (χ1) is 9.16. The van der Waals surface area contributed by atoms with Crippen molar-refractivity contribution in [1.82, 2.24) is 4.98 Å². The molecule has 5 heteroatoms. The molecular weight excluding hydrogens is 266 g/mol. The quantitative estimate of drug-likeness (QED) is 0.776. The highest BCUT2D eigenvalue weighted by molar-refractivity contribution is 7.17. The number of halogens is 2. The average molecular weight is 276 g/mol. The van der Waals surface area contributed by atoms with E-state index in [0.29, 0.717) is 5.56 Å². The third-order valence-corrected chi connectivity index (χ3v) is 3.85. The van der Waals surface area contributed by atoms with E-state index in [1.807, 2.05) is 17.5 Å². The topological polar surface area (TPSA) is 38.9 Å². The van der Waals surface area contributed by atoms with Crippen LogP contribution in [-0.2, 0) is 0 Å². The number of benzene rings is 1. The van der Waals surface area contributed by atoms with Crippen molar-refractivity contribution in [2.75, 3.05) is 0 Å². The molecule has 0 saturated heterocycles. The minimum Gasteiger partial charge on any atom is -0.320 e. The minimum atomic E-state index is -0.902. The lowest BCUT2D eigenvalue weighted by Gasteiger charge is -2.13. The van der Waals surface area contributed by atoms with Crippen molar-refractivity contribution in [3.63, 3.8) is 0 Å². The van der Waals surface area contributed by atoms with Gasteiger partial charge in [0.25, 0.3) is 0 Å². The van der Waals surface area contributed by atoms with Crippen molar-refractivity contribution in [2.45, 2.75) is 6.04 Å². The first kappa shape index (κ1) is 12.2. The molecule has 3 aromatic rings. The van der Waals surface area contributed by atoms with Gasteiger partial charge in [-0.3, -0.25) is 4.98 Å². The summed E-state index contributed by atoms with van der Waals surface area (Å²) in [6, 6.07) is 7.05. The van der Waals surface area contributed by atoms with Crippen LogP contribution in [0.2, 0.25) is 0 Å². The zero-order chi connectivity index (χ0) is 13.4. The largest absolute Gasteiger partial charge is 0.320 e. The second-order valence-corrected chi connectivity index (χ2v) is 5.14. The highest BCUT2D eigenvalue weighted by Gasteiger charge is 2.17. The summed E-state index contributed by atoms with van der Waals surface area (Å²) >= 11 is 1.54. The van der Waals surface area contributed by atoms with Gasteiger partial charge in [-0.15, -0.1) is 11.3 Å². The van der Waals surface area contributed by atoms with E-state index in [0.717, 1.165) is 16.3 Å². The molecular formula is C14H10F2N2S. The average Bonchev–Trinajstić information content (AvgIpc) is 2.88. The van der Waals surface area contributed by atoms with E-state index in [9.17, 15) is 8.78 Å². The molecule has 0 aliphatic carbocycles. The zero-order valence-electron chi connectivity index (χ0n) is 9.81. The van der Waals surface area contributed by atoms with Crippen molar-refractivity contribution in [2.24, 2.45) is 5.73 Å². The lowest BCUT2D eigenvalue weighted by molar-refractivity contribution is 0.494. The molecule has 0 spiro atoms. The lowest BCUT2D eigenvalue weighted by Crippen LogP contribution is -2.14. The van der Waals surface area contributed by atoms with Crippen LogP contribution in [0.1, 0.15) is 17.2 Å². The molecule has 2 heterocycles. The summed E-state index contributed by atoms with van der Waals surface area (Å²) in [4.78, 5) is 4.25. The highest BCUT2D eigenvalue weighted by Crippen LogP contribution is 2.27. The summed E-state index contributed by atoms with van der Waals surface area (Å²) in [5.74, 6) is -1.79. The van der Waals surface area contributed by atoms with E-state index in [1.54, 1.807) is 6.20 Å². The molecule has 3 rings (SSSR count). The molecule has 19 heavy (non-hydrogen) atoms. The summed E-state index contributed by atoms with van der Waals surface area (Å²) in [6.45, 7) is 0. The van der Waals surface area contributed by atoms with E-state index in [2.05, 4.69) is 4.98 Å². The van der Waals surface area contributed by atoms with Crippen LogP contribution in [0.5, 0.6) is 0 Å². The maximum Gasteiger partial charge on any atom is 0.163 e. The molecule has 0 radical (unpaired) electrons. The molecule has 0 aliphatic heterocycles. The summed E-state index contributed by atoms with van der Waals surface area (Å²) in [5.41, 5.74) is 7.68. The van der Waals surface area contributed by atoms with E-state index in [-0.39, 0.29) is 5.56 Å². The number of nitrogens with zero attached hydrogens (tertiary/aromatic N) is 1. The molecule has 2 N–H and O–H groups in total. The van der Waals surface area contributed by atoms with Crippen LogP contribution in [-0.4, -0.2) is 4.98 Å². The highest BCUT2D eigenvalue weighted by atomic mass is 32.1. The van der Waals surface area contributed by atoms with Crippen LogP contribution in [0.3, 0.4) is 0 Å². The fourth-order valence-electron chi connectivity index (χ4n) is 1.97. The van der Waals surface area contributed by atoms with Gasteiger partial charge in [-0.25, -0.2) is 8.78 Å². The van der Waals surface area contributed by atoms with Gasteiger partial charge >= 0.3 is 0 Å². The third-order valence-electron chi connectivity index (χ3n) is 3.00. The van der Waals surface area contributed by atoms with Gasteiger partial charge in [-0.05, 0) is 29.1 Å². The number of thiophene rings is 1. The van der Waals surface area contributed by atoms with Gasteiger partial charge in [-0.1, -0.05) is 12.1 Å². The molecule has 0 saturated carbocycles. The van der Waals surface area contributed by atoms with Crippen LogP contribution in [0.4, 0.5) is 8.78 Å². The Labute approximate surface area is 112 Å². The molecule has 0 amide bonds. The molecule has 0 bridgehead atoms. The molecule has 1 aromatic carbocycles. The van der Waals surface area contributed by atoms with Gasteiger partial charge in [-0.2, -0.15) is 0 Å². The van der Waals surface area contributed by atoms with Crippen molar-refractivity contribution in [3.8, 4) is 0 Å². The number of hydrogen-bond acceptors (Lipinski definition) is 3. The molecule has 1 unspecified atom stereocenters. The fraction of sp³-hybridized carbons (Fsp3) is 0.0714. The van der Waals surface area contributed by atoms with E-state index >= 15 is 0 Å². The number of hydrogen-bond donors (Lipinski definition) is 1. The maximum atomic E-state index is 13.7. The molecule has 2 aromatic heterocycles. The first-order valence-electron chi connectivity index (χ1n) is 5.69. The van der Waals surface area contributed by atoms with E-state index in [1.165, 1.54) is 23.5 Å². The monoisotopic (exact) mass is 276 g/mol. The smallest absolute Gasteiger partial charge is 0.163 e. The molecule has 96 valence electrons. The van der Waals surface area contributed by atoms with Crippen LogP contribution in [0, 0.1) is 11.6 Å². The normalized spacial score (nSPS) is 12.8. The molecule has 0 fully saturated rings. The predicted octanol–water partition coefficient (Wildman–Crippen LogP) is 3.62. The molecule has 0 aliphatic rings. The Kier molecular flexibility index (Phi) is 3.00. The summed E-state index contributed by atoms with van der Waals surface area (Å²) < 4.78 is 27.9. The Balaban J connectivity index is 2.07. The summed E-state index contributed by atoms with van der Waals surface area (Å²) in [6.07, 6.45) is 1.60. The van der Waals surface area contributed by atoms with Crippen molar-refractivity contribution < 1.29 is 8.78 Å². The third kappa shape index (κ3) is 2.11. The van der Waals surface area contributed by atoms with Gasteiger partial charge in [0.2, 0.25) is 0 Å². The standard InChI is InChI=1S/C14H10F2N2S/c15-10-3-1-2-9(13(10)16)14(17)8-6-12-11(18-7-8)4-5-19-12/h1-7,14H,17H2. The Morgan fingerprint density at radius 3 is 2.89 bits per heavy atom. The fourth-order valence-corrected chi connectivity index (χ4v) is 2.76. The number of aromatic nitrogens is 1. The lowest BCUT2D eigenvalue weighted by atomic mass is 10.0. The van der Waals surface area contributed by atoms with Crippen LogP contribution < -0.4 is 5.73 Å². The van der Waals surface area contributed by atoms with Gasteiger partial charge < -0.3 is 5.73 Å². The SMILES string of the molecule is NC(c1cnc2ccsc2c1)c1cccc(F)c1F. The summed E-state index contributed by atoms with van der Waals surface area (Å²) in [7, 11) is 0. The van der Waals surface area contributed by atoms with Crippen molar-refractivity contribution >= 4 is 21.6 Å². The minimum absolute atomic E-state index is 0.137. The maximum absolute atomic E-state index is 13.7. The van der Waals surface area contributed by atoms with Crippen molar-refractivity contribution in [1.29, 1.82) is 0 Å². The van der Waals surface area contributed by atoms with Crippen LogP contribution in [0.25, 0.3) is 10.2 Å². The number of rotatable bonds is 2. The van der Waals surface area contributed by atoms with Gasteiger partial charge in [0.15, 0.2) is 11.6 Å². The van der Waals surface area contributed by atoms with Crippen LogP contribution in [0.15, 0.2) is 41.9 Å². The summed E-state index contributed by atoms with van der Waals surface area (Å²) in [5, 5.41) is 1.93. The number of pyridine rings is 1. The Morgan fingerprint density at radius 2 is 2.05 bits per heavy atom. The molecule has 1 atom stereocenters. The van der Waals surface area contributed by atoms with E-state index in [4.69, 9.17) is 5.73 Å². The second kappa shape index (κ2) is 4.68. The van der Waals surface area contributed by atoms with Crippen LogP contribution >= 0.6 is 11.3 Å². The van der Waals surface area contributed by atoms with Gasteiger partial charge in [0.05, 0.1) is 16.3 Å². The van der Waals surface area contributed by atoms with Gasteiger partial charge in [0, 0.05) is 11.8 Å². The second-order valence-electron chi connectivity index (χ2n) is 4.19. The zero-order valence-corrected chi connectivity index (χ0v) is 10.6. The number of fused-ring (bicyclic) bond motifs is 1. The predicted molar refractivity (Wildman–Crippen MR) is 72.0 cm³/mol. The Bertz CT molecular complexity index is 739. The number of nitrogens with two attached hydrogens (primary N) is 1. The molecule has 2 nitrogen and oxygen atoms in total. The van der Waals surface area contributed by atoms with Gasteiger partial charge in [0.1, 0.15) is 0 Å². The van der Waals surface area contributed by atoms with Crippen molar-refractivity contribution in [3.05, 3.63) is 64.7 Å². The first-order valence-corrected chi connectivity index (χ1v) is 6.57.